The van der Waals surface area contributed by atoms with E-state index in [9.17, 15) is 4.79 Å². The van der Waals surface area contributed by atoms with Crippen molar-refractivity contribution in [1.82, 2.24) is 4.98 Å². The number of thiazole rings is 1. The molecule has 1 saturated heterocycles. The first-order valence-corrected chi connectivity index (χ1v) is 9.44. The lowest BCUT2D eigenvalue weighted by molar-refractivity contribution is -0.122. The normalized spacial score (nSPS) is 16.7. The van der Waals surface area contributed by atoms with Gasteiger partial charge in [-0.05, 0) is 30.2 Å². The van der Waals surface area contributed by atoms with E-state index in [1.54, 1.807) is 12.0 Å². The molecule has 1 fully saturated rings. The van der Waals surface area contributed by atoms with Crippen LogP contribution in [0.15, 0.2) is 48.5 Å². The van der Waals surface area contributed by atoms with Gasteiger partial charge in [0.2, 0.25) is 5.91 Å². The van der Waals surface area contributed by atoms with Crippen LogP contribution in [0.5, 0.6) is 5.75 Å². The van der Waals surface area contributed by atoms with Crippen LogP contribution in [0.2, 0.25) is 0 Å². The number of benzene rings is 2. The maximum atomic E-state index is 13.1. The topological polar surface area (TPSA) is 51.7 Å². The highest BCUT2D eigenvalue weighted by Gasteiger charge is 2.30. The van der Waals surface area contributed by atoms with Crippen LogP contribution in [0.3, 0.4) is 0 Å². The van der Waals surface area contributed by atoms with Crippen LogP contribution >= 0.6 is 11.3 Å². The number of nitrogens with zero attached hydrogens (tertiary/aromatic N) is 2. The van der Waals surface area contributed by atoms with Crippen LogP contribution in [0.1, 0.15) is 12.0 Å². The molecule has 134 valence electrons. The molecule has 1 aliphatic heterocycles. The van der Waals surface area contributed by atoms with Crippen molar-refractivity contribution < 1.29 is 14.3 Å². The van der Waals surface area contributed by atoms with Gasteiger partial charge in [0.15, 0.2) is 5.13 Å². The maximum absolute atomic E-state index is 13.1. The molecular weight excluding hydrogens is 348 g/mol. The minimum Gasteiger partial charge on any atom is -0.497 e. The molecule has 1 amide bonds. The minimum absolute atomic E-state index is 0.0809. The Hall–Kier alpha value is -2.44. The molecule has 1 aliphatic rings. The van der Waals surface area contributed by atoms with Gasteiger partial charge in [0, 0.05) is 6.61 Å². The third kappa shape index (κ3) is 3.43. The van der Waals surface area contributed by atoms with Gasteiger partial charge in [-0.25, -0.2) is 4.98 Å². The Morgan fingerprint density at radius 3 is 2.88 bits per heavy atom. The number of ether oxygens (including phenoxy) is 2. The molecule has 0 saturated carbocycles. The molecular formula is C20H20N2O3S. The standard InChI is InChI=1S/C20H20N2O3S/c1-24-16-7-8-17-18(11-16)26-20(21-17)22(12-14-5-3-2-4-6-14)19(23)15-9-10-25-13-15/h2-8,11,15H,9-10,12-13H2,1H3. The van der Waals surface area contributed by atoms with E-state index in [1.165, 1.54) is 11.3 Å². The Balaban J connectivity index is 1.70. The molecule has 6 heteroatoms. The van der Waals surface area contributed by atoms with Crippen molar-refractivity contribution in [3.63, 3.8) is 0 Å². The Bertz CT molecular complexity index is 904. The average Bonchev–Trinajstić information content (AvgIpc) is 3.35. The number of fused-ring (bicyclic) bond motifs is 1. The zero-order valence-electron chi connectivity index (χ0n) is 14.6. The van der Waals surface area contributed by atoms with Gasteiger partial charge in [-0.2, -0.15) is 0 Å². The predicted octanol–water partition coefficient (Wildman–Crippen LogP) is 3.87. The molecule has 2 heterocycles. The highest BCUT2D eigenvalue weighted by Crippen LogP contribution is 2.33. The fourth-order valence-corrected chi connectivity index (χ4v) is 4.09. The van der Waals surface area contributed by atoms with Crippen molar-refractivity contribution in [1.29, 1.82) is 0 Å². The van der Waals surface area contributed by atoms with E-state index in [1.807, 2.05) is 48.5 Å². The smallest absolute Gasteiger partial charge is 0.234 e. The zero-order chi connectivity index (χ0) is 17.9. The van der Waals surface area contributed by atoms with Crippen molar-refractivity contribution in [2.45, 2.75) is 13.0 Å². The molecule has 5 nitrogen and oxygen atoms in total. The number of carbonyl (C=O) groups excluding carboxylic acids is 1. The van der Waals surface area contributed by atoms with Gasteiger partial charge in [0.05, 0.1) is 36.4 Å². The number of hydrogen-bond donors (Lipinski definition) is 0. The number of anilines is 1. The van der Waals surface area contributed by atoms with E-state index in [2.05, 4.69) is 0 Å². The lowest BCUT2D eigenvalue weighted by Crippen LogP contribution is -2.36. The predicted molar refractivity (Wildman–Crippen MR) is 103 cm³/mol. The molecule has 0 aliphatic carbocycles. The van der Waals surface area contributed by atoms with Gasteiger partial charge in [0.1, 0.15) is 5.75 Å². The molecule has 2 aromatic carbocycles. The lowest BCUT2D eigenvalue weighted by Gasteiger charge is -2.22. The lowest BCUT2D eigenvalue weighted by atomic mass is 10.1. The molecule has 0 radical (unpaired) electrons. The van der Waals surface area contributed by atoms with Crippen molar-refractivity contribution >= 4 is 32.6 Å². The van der Waals surface area contributed by atoms with Gasteiger partial charge in [0.25, 0.3) is 0 Å². The van der Waals surface area contributed by atoms with E-state index in [-0.39, 0.29) is 11.8 Å². The summed E-state index contributed by atoms with van der Waals surface area (Å²) in [6.07, 6.45) is 0.767. The SMILES string of the molecule is COc1ccc2nc(N(Cc3ccccc3)C(=O)C3CCOC3)sc2c1. The summed E-state index contributed by atoms with van der Waals surface area (Å²) in [4.78, 5) is 19.6. The zero-order valence-corrected chi connectivity index (χ0v) is 15.4. The van der Waals surface area contributed by atoms with E-state index in [0.717, 1.165) is 28.0 Å². The summed E-state index contributed by atoms with van der Waals surface area (Å²) in [6, 6.07) is 15.8. The molecule has 0 spiro atoms. The summed E-state index contributed by atoms with van der Waals surface area (Å²) < 4.78 is 11.7. The summed E-state index contributed by atoms with van der Waals surface area (Å²) >= 11 is 1.51. The Morgan fingerprint density at radius 2 is 2.15 bits per heavy atom. The quantitative estimate of drug-likeness (QED) is 0.686. The fraction of sp³-hybridized carbons (Fsp3) is 0.300. The maximum Gasteiger partial charge on any atom is 0.234 e. The second-order valence-corrected chi connectivity index (χ2v) is 7.31. The number of hydrogen-bond acceptors (Lipinski definition) is 5. The Labute approximate surface area is 156 Å². The van der Waals surface area contributed by atoms with Crippen LogP contribution < -0.4 is 9.64 Å². The van der Waals surface area contributed by atoms with E-state index in [4.69, 9.17) is 14.5 Å². The first-order chi connectivity index (χ1) is 12.7. The van der Waals surface area contributed by atoms with Crippen molar-refractivity contribution in [3.8, 4) is 5.75 Å². The van der Waals surface area contributed by atoms with Gasteiger partial charge in [-0.15, -0.1) is 0 Å². The second kappa shape index (κ2) is 7.43. The third-order valence-corrected chi connectivity index (χ3v) is 5.58. The molecule has 3 aromatic rings. The summed E-state index contributed by atoms with van der Waals surface area (Å²) in [7, 11) is 1.65. The molecule has 1 aromatic heterocycles. The number of amides is 1. The van der Waals surface area contributed by atoms with Crippen LogP contribution in [0.4, 0.5) is 5.13 Å². The fourth-order valence-electron chi connectivity index (χ4n) is 3.09. The summed E-state index contributed by atoms with van der Waals surface area (Å²) in [6.45, 7) is 1.64. The van der Waals surface area contributed by atoms with E-state index < -0.39 is 0 Å². The van der Waals surface area contributed by atoms with Gasteiger partial charge >= 0.3 is 0 Å². The van der Waals surface area contributed by atoms with Crippen LogP contribution in [-0.2, 0) is 16.1 Å². The number of carbonyl (C=O) groups is 1. The minimum atomic E-state index is -0.0970. The summed E-state index contributed by atoms with van der Waals surface area (Å²) in [5, 5.41) is 0.717. The Kier molecular flexibility index (Phi) is 4.86. The summed E-state index contributed by atoms with van der Waals surface area (Å²) in [5.41, 5.74) is 1.95. The van der Waals surface area contributed by atoms with Gasteiger partial charge in [-0.1, -0.05) is 41.7 Å². The third-order valence-electron chi connectivity index (χ3n) is 4.54. The van der Waals surface area contributed by atoms with E-state index >= 15 is 0 Å². The van der Waals surface area contributed by atoms with Crippen LogP contribution in [0.25, 0.3) is 10.2 Å². The van der Waals surface area contributed by atoms with E-state index in [0.29, 0.717) is 24.9 Å². The first-order valence-electron chi connectivity index (χ1n) is 8.62. The summed E-state index contributed by atoms with van der Waals surface area (Å²) in [5.74, 6) is 0.774. The largest absolute Gasteiger partial charge is 0.497 e. The monoisotopic (exact) mass is 368 g/mol. The van der Waals surface area contributed by atoms with Gasteiger partial charge in [-0.3, -0.25) is 9.69 Å². The number of aromatic nitrogens is 1. The molecule has 0 bridgehead atoms. The van der Waals surface area contributed by atoms with Crippen molar-refractivity contribution in [3.05, 3.63) is 54.1 Å². The van der Waals surface area contributed by atoms with Crippen molar-refractivity contribution in [2.75, 3.05) is 25.2 Å². The first kappa shape index (κ1) is 17.0. The second-order valence-electron chi connectivity index (χ2n) is 6.30. The molecule has 1 unspecified atom stereocenters. The number of methoxy groups -OCH3 is 1. The molecule has 26 heavy (non-hydrogen) atoms. The molecule has 4 rings (SSSR count). The number of rotatable bonds is 5. The van der Waals surface area contributed by atoms with Crippen LogP contribution in [-0.4, -0.2) is 31.2 Å². The van der Waals surface area contributed by atoms with Crippen molar-refractivity contribution in [2.24, 2.45) is 5.92 Å². The highest BCUT2D eigenvalue weighted by molar-refractivity contribution is 7.22. The molecule has 1 atom stereocenters. The average molecular weight is 368 g/mol. The van der Waals surface area contributed by atoms with Gasteiger partial charge < -0.3 is 9.47 Å². The molecule has 0 N–H and O–H groups in total. The van der Waals surface area contributed by atoms with Crippen LogP contribution in [0, 0.1) is 5.92 Å². The Morgan fingerprint density at radius 1 is 1.31 bits per heavy atom. The highest BCUT2D eigenvalue weighted by atomic mass is 32.1.